The van der Waals surface area contributed by atoms with E-state index in [1.165, 1.54) is 6.33 Å². The maximum atomic E-state index is 12.7. The lowest BCUT2D eigenvalue weighted by Crippen LogP contribution is -2.29. The van der Waals surface area contributed by atoms with Gasteiger partial charge in [0, 0.05) is 38.1 Å². The fraction of sp³-hybridized carbons (Fsp3) is 0.238. The Hall–Kier alpha value is -3.68. The van der Waals surface area contributed by atoms with Crippen LogP contribution in [-0.4, -0.2) is 53.6 Å². The minimum absolute atomic E-state index is 0.175. The van der Waals surface area contributed by atoms with Crippen molar-refractivity contribution in [2.75, 3.05) is 33.1 Å². The molecule has 0 saturated heterocycles. The molecule has 1 aromatic carbocycles. The Morgan fingerprint density at radius 2 is 1.86 bits per heavy atom. The van der Waals surface area contributed by atoms with E-state index < -0.39 is 0 Å². The number of hydrogen-bond acceptors (Lipinski definition) is 7. The molecule has 0 aliphatic rings. The van der Waals surface area contributed by atoms with Crippen molar-refractivity contribution < 1.29 is 14.3 Å². The largest absolute Gasteiger partial charge is 0.497 e. The fourth-order valence-corrected chi connectivity index (χ4v) is 2.73. The van der Waals surface area contributed by atoms with Gasteiger partial charge in [-0.2, -0.15) is 0 Å². The van der Waals surface area contributed by atoms with Crippen LogP contribution in [0.1, 0.15) is 16.1 Å². The van der Waals surface area contributed by atoms with Crippen molar-refractivity contribution in [2.24, 2.45) is 0 Å². The van der Waals surface area contributed by atoms with Crippen LogP contribution in [-0.2, 0) is 6.42 Å². The molecular weight excluding hydrogens is 370 g/mol. The highest BCUT2D eigenvalue weighted by Crippen LogP contribution is 2.31. The van der Waals surface area contributed by atoms with E-state index in [9.17, 15) is 4.79 Å². The minimum atomic E-state index is -0.175. The average Bonchev–Trinajstić information content (AvgIpc) is 2.78. The van der Waals surface area contributed by atoms with Gasteiger partial charge in [-0.1, -0.05) is 0 Å². The summed E-state index contributed by atoms with van der Waals surface area (Å²) < 4.78 is 10.6. The molecule has 2 heterocycles. The first-order valence-electron chi connectivity index (χ1n) is 9.06. The Labute approximate surface area is 169 Å². The molecule has 0 radical (unpaired) electrons. The lowest BCUT2D eigenvalue weighted by atomic mass is 10.2. The van der Waals surface area contributed by atoms with Crippen LogP contribution in [0.5, 0.6) is 11.5 Å². The number of ether oxygens (including phenoxy) is 2. The molecule has 0 aliphatic carbocycles. The summed E-state index contributed by atoms with van der Waals surface area (Å²) in [5, 5.41) is 3.16. The summed E-state index contributed by atoms with van der Waals surface area (Å²) in [6.07, 6.45) is 5.59. The predicted octanol–water partition coefficient (Wildman–Crippen LogP) is 2.95. The second-order valence-electron chi connectivity index (χ2n) is 6.31. The van der Waals surface area contributed by atoms with Gasteiger partial charge in [0.1, 0.15) is 29.3 Å². The van der Waals surface area contributed by atoms with Crippen molar-refractivity contribution in [3.63, 3.8) is 0 Å². The quantitative estimate of drug-likeness (QED) is 0.629. The number of likely N-dealkylation sites (N-methyl/N-ethyl adjacent to an activating group) is 1. The molecule has 8 nitrogen and oxygen atoms in total. The zero-order valence-corrected chi connectivity index (χ0v) is 16.6. The standard InChI is InChI=1S/C21H23N5O3/c1-26(11-8-15-6-9-22-10-7-15)21(27)18-13-20(24-14-23-18)25-17-5-4-16(28-2)12-19(17)29-3/h4-7,9-10,12-14H,8,11H2,1-3H3,(H,23,24,25). The van der Waals surface area contributed by atoms with Gasteiger partial charge in [0.25, 0.3) is 5.91 Å². The summed E-state index contributed by atoms with van der Waals surface area (Å²) in [5.74, 6) is 1.60. The average molecular weight is 393 g/mol. The molecule has 2 aromatic heterocycles. The summed E-state index contributed by atoms with van der Waals surface area (Å²) in [6, 6.07) is 10.9. The Kier molecular flexibility index (Phi) is 6.57. The number of carbonyl (C=O) groups excluding carboxylic acids is 1. The van der Waals surface area contributed by atoms with E-state index in [4.69, 9.17) is 9.47 Å². The maximum absolute atomic E-state index is 12.7. The highest BCUT2D eigenvalue weighted by Gasteiger charge is 2.15. The van der Waals surface area contributed by atoms with E-state index >= 15 is 0 Å². The van der Waals surface area contributed by atoms with E-state index in [-0.39, 0.29) is 5.91 Å². The van der Waals surface area contributed by atoms with Gasteiger partial charge >= 0.3 is 0 Å². The SMILES string of the molecule is COc1ccc(Nc2cc(C(=O)N(C)CCc3ccncc3)ncn2)c(OC)c1. The van der Waals surface area contributed by atoms with Crippen LogP contribution >= 0.6 is 0 Å². The first-order chi connectivity index (χ1) is 14.1. The van der Waals surface area contributed by atoms with Crippen LogP contribution in [0.4, 0.5) is 11.5 Å². The van der Waals surface area contributed by atoms with Crippen LogP contribution < -0.4 is 14.8 Å². The van der Waals surface area contributed by atoms with Crippen molar-refractivity contribution in [3.8, 4) is 11.5 Å². The van der Waals surface area contributed by atoms with E-state index in [1.807, 2.05) is 24.3 Å². The van der Waals surface area contributed by atoms with Gasteiger partial charge in [0.15, 0.2) is 0 Å². The maximum Gasteiger partial charge on any atom is 0.272 e. The number of methoxy groups -OCH3 is 2. The molecule has 0 aliphatic heterocycles. The van der Waals surface area contributed by atoms with Crippen LogP contribution in [0.15, 0.2) is 55.1 Å². The molecule has 3 aromatic rings. The first kappa shape index (κ1) is 20.1. The second-order valence-corrected chi connectivity index (χ2v) is 6.31. The third kappa shape index (κ3) is 5.19. The normalized spacial score (nSPS) is 10.3. The highest BCUT2D eigenvalue weighted by molar-refractivity contribution is 5.92. The molecule has 1 amide bonds. The lowest BCUT2D eigenvalue weighted by molar-refractivity contribution is 0.0790. The molecular formula is C21H23N5O3. The number of hydrogen-bond donors (Lipinski definition) is 1. The summed E-state index contributed by atoms with van der Waals surface area (Å²) in [7, 11) is 4.92. The minimum Gasteiger partial charge on any atom is -0.497 e. The smallest absolute Gasteiger partial charge is 0.272 e. The predicted molar refractivity (Wildman–Crippen MR) is 110 cm³/mol. The highest BCUT2D eigenvalue weighted by atomic mass is 16.5. The van der Waals surface area contributed by atoms with Crippen molar-refractivity contribution in [2.45, 2.75) is 6.42 Å². The number of amides is 1. The van der Waals surface area contributed by atoms with Gasteiger partial charge in [-0.15, -0.1) is 0 Å². The lowest BCUT2D eigenvalue weighted by Gasteiger charge is -2.17. The molecule has 0 atom stereocenters. The monoisotopic (exact) mass is 393 g/mol. The fourth-order valence-electron chi connectivity index (χ4n) is 2.73. The summed E-state index contributed by atoms with van der Waals surface area (Å²) in [4.78, 5) is 26.7. The molecule has 3 rings (SSSR count). The van der Waals surface area contributed by atoms with Gasteiger partial charge in [0.2, 0.25) is 0 Å². The van der Waals surface area contributed by atoms with Crippen LogP contribution in [0.2, 0.25) is 0 Å². The molecule has 8 heteroatoms. The van der Waals surface area contributed by atoms with Gasteiger partial charge in [0.05, 0.1) is 19.9 Å². The number of nitrogens with zero attached hydrogens (tertiary/aromatic N) is 4. The number of pyridine rings is 1. The zero-order valence-electron chi connectivity index (χ0n) is 16.6. The molecule has 1 N–H and O–H groups in total. The molecule has 0 unspecified atom stereocenters. The Balaban J connectivity index is 1.69. The number of anilines is 2. The number of carbonyl (C=O) groups is 1. The zero-order chi connectivity index (χ0) is 20.6. The topological polar surface area (TPSA) is 89.5 Å². The molecule has 0 saturated carbocycles. The van der Waals surface area contributed by atoms with Crippen LogP contribution in [0.25, 0.3) is 0 Å². The third-order valence-electron chi connectivity index (χ3n) is 4.39. The summed E-state index contributed by atoms with van der Waals surface area (Å²) >= 11 is 0. The van der Waals surface area contributed by atoms with Gasteiger partial charge in [-0.25, -0.2) is 9.97 Å². The van der Waals surface area contributed by atoms with Gasteiger partial charge < -0.3 is 19.7 Å². The van der Waals surface area contributed by atoms with E-state index in [0.29, 0.717) is 35.2 Å². The van der Waals surface area contributed by atoms with Gasteiger partial charge in [-0.3, -0.25) is 9.78 Å². The molecule has 29 heavy (non-hydrogen) atoms. The number of aromatic nitrogens is 3. The van der Waals surface area contributed by atoms with Crippen LogP contribution in [0.3, 0.4) is 0 Å². The Morgan fingerprint density at radius 3 is 2.59 bits per heavy atom. The van der Waals surface area contributed by atoms with E-state index in [2.05, 4.69) is 20.3 Å². The molecule has 0 spiro atoms. The van der Waals surface area contributed by atoms with Crippen LogP contribution in [0, 0.1) is 0 Å². The summed E-state index contributed by atoms with van der Waals surface area (Å²) in [5.41, 5.74) is 2.14. The number of benzene rings is 1. The van der Waals surface area contributed by atoms with E-state index in [1.54, 1.807) is 50.7 Å². The number of rotatable bonds is 8. The van der Waals surface area contributed by atoms with Gasteiger partial charge in [-0.05, 0) is 36.2 Å². The summed E-state index contributed by atoms with van der Waals surface area (Å²) in [6.45, 7) is 0.571. The van der Waals surface area contributed by atoms with Crippen molar-refractivity contribution in [3.05, 3.63) is 66.4 Å². The number of nitrogens with one attached hydrogen (secondary N) is 1. The van der Waals surface area contributed by atoms with E-state index in [0.717, 1.165) is 12.0 Å². The first-order valence-corrected chi connectivity index (χ1v) is 9.06. The second kappa shape index (κ2) is 9.50. The van der Waals surface area contributed by atoms with Crippen molar-refractivity contribution in [1.82, 2.24) is 19.9 Å². The Morgan fingerprint density at radius 1 is 1.07 bits per heavy atom. The van der Waals surface area contributed by atoms with Crippen molar-refractivity contribution >= 4 is 17.4 Å². The molecule has 0 fully saturated rings. The molecule has 0 bridgehead atoms. The third-order valence-corrected chi connectivity index (χ3v) is 4.39. The Bertz CT molecular complexity index is 966. The van der Waals surface area contributed by atoms with Crippen molar-refractivity contribution in [1.29, 1.82) is 0 Å². The molecule has 150 valence electrons.